The number of aryl methyl sites for hydroxylation is 1. The fraction of sp³-hybridized carbons (Fsp3) is 0.800. The second kappa shape index (κ2) is 11.6. The minimum atomic E-state index is -4.41. The lowest BCUT2D eigenvalue weighted by molar-refractivity contribution is -0.671. The smallest absolute Gasteiger partial charge is 0.243 e. The summed E-state index contributed by atoms with van der Waals surface area (Å²) in [5, 5.41) is 0. The molecule has 0 aromatic carbocycles. The Kier molecular flexibility index (Phi) is 11.1. The SMILES string of the molecule is CCCCCC(CCC)Cn1cc[n+](C)c1.COS(=O)(=O)[O-]. The molecule has 0 amide bonds. The zero-order valence-electron chi connectivity index (χ0n) is 14.2. The van der Waals surface area contributed by atoms with Crippen LogP contribution in [0.2, 0.25) is 0 Å². The van der Waals surface area contributed by atoms with E-state index in [2.05, 4.69) is 52.9 Å². The molecule has 1 atom stereocenters. The molecule has 7 heteroatoms. The second-order valence-electron chi connectivity index (χ2n) is 5.50. The quantitative estimate of drug-likeness (QED) is 0.301. The molecule has 0 bridgehead atoms. The predicted octanol–water partition coefficient (Wildman–Crippen LogP) is 2.40. The maximum absolute atomic E-state index is 9.22. The summed E-state index contributed by atoms with van der Waals surface area (Å²) in [6.07, 6.45) is 14.7. The van der Waals surface area contributed by atoms with Gasteiger partial charge in [0.05, 0.1) is 20.7 Å². The molecule has 1 aromatic heterocycles. The fourth-order valence-electron chi connectivity index (χ4n) is 2.33. The van der Waals surface area contributed by atoms with Crippen LogP contribution in [-0.4, -0.2) is 24.6 Å². The first-order chi connectivity index (χ1) is 10.3. The van der Waals surface area contributed by atoms with Crippen LogP contribution in [0.4, 0.5) is 0 Å². The van der Waals surface area contributed by atoms with E-state index in [4.69, 9.17) is 0 Å². The first kappa shape index (κ1) is 21.1. The average Bonchev–Trinajstić information content (AvgIpc) is 2.84. The van der Waals surface area contributed by atoms with Crippen molar-refractivity contribution in [1.82, 2.24) is 4.57 Å². The van der Waals surface area contributed by atoms with Gasteiger partial charge in [-0.25, -0.2) is 17.6 Å². The van der Waals surface area contributed by atoms with Crippen LogP contribution < -0.4 is 4.57 Å². The van der Waals surface area contributed by atoms with Gasteiger partial charge in [-0.05, 0) is 18.8 Å². The highest BCUT2D eigenvalue weighted by Crippen LogP contribution is 2.17. The summed E-state index contributed by atoms with van der Waals surface area (Å²) >= 11 is 0. The van der Waals surface area contributed by atoms with E-state index in [1.54, 1.807) is 0 Å². The number of unbranched alkanes of at least 4 members (excludes halogenated alkanes) is 2. The van der Waals surface area contributed by atoms with Crippen molar-refractivity contribution in [1.29, 1.82) is 0 Å². The molecule has 0 radical (unpaired) electrons. The maximum Gasteiger partial charge on any atom is 0.243 e. The maximum atomic E-state index is 9.22. The molecule has 6 nitrogen and oxygen atoms in total. The van der Waals surface area contributed by atoms with Gasteiger partial charge in [0.1, 0.15) is 12.4 Å². The standard InChI is InChI=1S/C14H27N2.CH4O4S/c1-4-6-7-9-14(8-5-2)12-16-11-10-15(3)13-16;1-5-6(2,3)4/h10-11,13-14H,4-9,12H2,1-3H3;1H3,(H,2,3,4)/q+1;/p-1. The topological polar surface area (TPSA) is 75.2 Å². The summed E-state index contributed by atoms with van der Waals surface area (Å²) in [5.74, 6) is 0.865. The average molecular weight is 334 g/mol. The minimum Gasteiger partial charge on any atom is -0.726 e. The molecule has 0 aliphatic carbocycles. The van der Waals surface area contributed by atoms with Gasteiger partial charge in [-0.1, -0.05) is 39.5 Å². The molecule has 130 valence electrons. The van der Waals surface area contributed by atoms with Crippen molar-refractivity contribution in [3.05, 3.63) is 18.7 Å². The van der Waals surface area contributed by atoms with E-state index in [1.165, 1.54) is 45.1 Å². The van der Waals surface area contributed by atoms with E-state index >= 15 is 0 Å². The molecular weight excluding hydrogens is 304 g/mol. The molecule has 1 unspecified atom stereocenters. The Morgan fingerprint density at radius 1 is 1.23 bits per heavy atom. The van der Waals surface area contributed by atoms with Crippen molar-refractivity contribution >= 4 is 10.4 Å². The van der Waals surface area contributed by atoms with Crippen LogP contribution in [0.5, 0.6) is 0 Å². The summed E-state index contributed by atoms with van der Waals surface area (Å²) in [4.78, 5) is 0. The molecule has 0 spiro atoms. The number of aromatic nitrogens is 2. The van der Waals surface area contributed by atoms with Crippen LogP contribution >= 0.6 is 0 Å². The molecular formula is C15H30N2O4S. The second-order valence-corrected chi connectivity index (χ2v) is 6.65. The summed E-state index contributed by atoms with van der Waals surface area (Å²) in [6.45, 7) is 5.77. The van der Waals surface area contributed by atoms with Crippen LogP contribution in [-0.2, 0) is 28.2 Å². The van der Waals surface area contributed by atoms with Gasteiger partial charge in [0, 0.05) is 0 Å². The molecule has 0 fully saturated rings. The van der Waals surface area contributed by atoms with Crippen LogP contribution in [0, 0.1) is 5.92 Å². The predicted molar refractivity (Wildman–Crippen MR) is 84.9 cm³/mol. The highest BCUT2D eigenvalue weighted by molar-refractivity contribution is 7.80. The van der Waals surface area contributed by atoms with Gasteiger partial charge in [-0.2, -0.15) is 0 Å². The van der Waals surface area contributed by atoms with Crippen molar-refractivity contribution in [3.8, 4) is 0 Å². The third-order valence-electron chi connectivity index (χ3n) is 3.41. The Morgan fingerprint density at radius 3 is 2.27 bits per heavy atom. The van der Waals surface area contributed by atoms with Crippen LogP contribution in [0.15, 0.2) is 18.7 Å². The Bertz CT molecular complexity index is 485. The molecule has 0 aliphatic rings. The van der Waals surface area contributed by atoms with Gasteiger partial charge in [-0.15, -0.1) is 0 Å². The minimum absolute atomic E-state index is 0.808. The zero-order valence-corrected chi connectivity index (χ0v) is 15.0. The van der Waals surface area contributed by atoms with Crippen molar-refractivity contribution in [3.63, 3.8) is 0 Å². The number of hydrogen-bond donors (Lipinski definition) is 0. The van der Waals surface area contributed by atoms with Gasteiger partial charge in [0.15, 0.2) is 0 Å². The lowest BCUT2D eigenvalue weighted by atomic mass is 9.96. The normalized spacial score (nSPS) is 12.6. The van der Waals surface area contributed by atoms with E-state index in [0.29, 0.717) is 0 Å². The van der Waals surface area contributed by atoms with Crippen molar-refractivity contribution in [2.45, 2.75) is 58.9 Å². The van der Waals surface area contributed by atoms with E-state index < -0.39 is 10.4 Å². The zero-order chi connectivity index (χ0) is 17.0. The summed E-state index contributed by atoms with van der Waals surface area (Å²) < 4.78 is 35.5. The van der Waals surface area contributed by atoms with Gasteiger partial charge in [-0.3, -0.25) is 4.18 Å². The van der Waals surface area contributed by atoms with Crippen molar-refractivity contribution < 1.29 is 21.7 Å². The molecule has 22 heavy (non-hydrogen) atoms. The molecule has 1 rings (SSSR count). The van der Waals surface area contributed by atoms with Crippen molar-refractivity contribution in [2.75, 3.05) is 7.11 Å². The van der Waals surface area contributed by atoms with Gasteiger partial charge in [0.25, 0.3) is 0 Å². The molecule has 1 aromatic rings. The number of hydrogen-bond acceptors (Lipinski definition) is 4. The Morgan fingerprint density at radius 2 is 1.86 bits per heavy atom. The highest BCUT2D eigenvalue weighted by Gasteiger charge is 2.11. The van der Waals surface area contributed by atoms with Gasteiger partial charge >= 0.3 is 0 Å². The Labute approximate surface area is 135 Å². The van der Waals surface area contributed by atoms with Crippen LogP contribution in [0.1, 0.15) is 52.4 Å². The summed E-state index contributed by atoms with van der Waals surface area (Å²) in [5.41, 5.74) is 0. The van der Waals surface area contributed by atoms with Crippen LogP contribution in [0.25, 0.3) is 0 Å². The third-order valence-corrected chi connectivity index (χ3v) is 3.82. The number of imidazole rings is 1. The molecule has 0 saturated heterocycles. The van der Waals surface area contributed by atoms with Gasteiger partial charge in [0.2, 0.25) is 16.7 Å². The fourth-order valence-corrected chi connectivity index (χ4v) is 2.33. The number of nitrogens with zero attached hydrogens (tertiary/aromatic N) is 2. The third kappa shape index (κ3) is 11.7. The van der Waals surface area contributed by atoms with Crippen LogP contribution in [0.3, 0.4) is 0 Å². The molecule has 0 saturated carbocycles. The monoisotopic (exact) mass is 334 g/mol. The largest absolute Gasteiger partial charge is 0.726 e. The summed E-state index contributed by atoms with van der Waals surface area (Å²) in [7, 11) is -1.52. The molecule has 0 N–H and O–H groups in total. The molecule has 0 aliphatic heterocycles. The first-order valence-electron chi connectivity index (χ1n) is 7.84. The Balaban J connectivity index is 0.000000626. The Hall–Kier alpha value is -0.920. The lowest BCUT2D eigenvalue weighted by Crippen LogP contribution is -2.24. The van der Waals surface area contributed by atoms with Crippen molar-refractivity contribution in [2.24, 2.45) is 13.0 Å². The van der Waals surface area contributed by atoms with E-state index in [0.717, 1.165) is 13.0 Å². The number of rotatable bonds is 9. The lowest BCUT2D eigenvalue weighted by Gasteiger charge is -2.13. The van der Waals surface area contributed by atoms with E-state index in [1.807, 2.05) is 0 Å². The van der Waals surface area contributed by atoms with E-state index in [-0.39, 0.29) is 0 Å². The highest BCUT2D eigenvalue weighted by atomic mass is 32.3. The van der Waals surface area contributed by atoms with E-state index in [9.17, 15) is 13.0 Å². The summed E-state index contributed by atoms with van der Waals surface area (Å²) in [6, 6.07) is 0. The molecule has 1 heterocycles. The van der Waals surface area contributed by atoms with Gasteiger partial charge < -0.3 is 4.55 Å². The first-order valence-corrected chi connectivity index (χ1v) is 9.18.